The quantitative estimate of drug-likeness (QED) is 0.0638. The van der Waals surface area contributed by atoms with Crippen molar-refractivity contribution in [2.75, 3.05) is 12.1 Å². The zero-order chi connectivity index (χ0) is 25.0. The van der Waals surface area contributed by atoms with Crippen LogP contribution in [0.25, 0.3) is 0 Å². The maximum Gasteiger partial charge on any atom is 0.301 e. The van der Waals surface area contributed by atoms with Gasteiger partial charge in [0.2, 0.25) is 6.33 Å². The molecular formula is C28H40Br2N8. The fraction of sp³-hybridized carbons (Fsp3) is 0.429. The Morgan fingerprint density at radius 1 is 0.868 bits per heavy atom. The number of unbranched alkanes of at least 4 members (excludes halogenated alkanes) is 4. The zero-order valence-electron chi connectivity index (χ0n) is 22.5. The predicted molar refractivity (Wildman–Crippen MR) is 143 cm³/mol. The third-order valence-corrected chi connectivity index (χ3v) is 6.56. The first kappa shape index (κ1) is 31.5. The van der Waals surface area contributed by atoms with Crippen LogP contribution in [-0.2, 0) is 33.2 Å². The molecular weight excluding hydrogens is 608 g/mol. The summed E-state index contributed by atoms with van der Waals surface area (Å²) in [7, 11) is 4.05. The minimum atomic E-state index is 0. The van der Waals surface area contributed by atoms with Crippen molar-refractivity contribution in [2.24, 2.45) is 12.1 Å². The topological polar surface area (TPSA) is 51.0 Å². The van der Waals surface area contributed by atoms with Crippen LogP contribution in [0.5, 0.6) is 0 Å². The number of hydrogen-bond acceptors (Lipinski definition) is 3. The van der Waals surface area contributed by atoms with Gasteiger partial charge in [-0.2, -0.15) is 5.10 Å². The molecule has 4 rings (SSSR count). The summed E-state index contributed by atoms with van der Waals surface area (Å²) >= 11 is 0. The van der Waals surface area contributed by atoms with Crippen LogP contribution in [0.15, 0.2) is 85.3 Å². The first-order valence-corrected chi connectivity index (χ1v) is 13.1. The summed E-state index contributed by atoms with van der Waals surface area (Å²) in [5.74, 6) is 1.11. The van der Waals surface area contributed by atoms with E-state index in [1.807, 2.05) is 55.2 Å². The lowest BCUT2D eigenvalue weighted by Gasteiger charge is -2.11. The maximum atomic E-state index is 4.64. The molecule has 0 fully saturated rings. The second-order valence-electron chi connectivity index (χ2n) is 9.38. The smallest absolute Gasteiger partial charge is 0.301 e. The SMILES string of the molecule is CN(/N=C/c1n(C)cc[n+]1CCCCCCn1cc[n+](CCCCn2ccnc2)c1)c1ccccc1.[Br-].[Br-]. The van der Waals surface area contributed by atoms with Gasteiger partial charge in [-0.3, -0.25) is 5.01 Å². The highest BCUT2D eigenvalue weighted by Crippen LogP contribution is 2.11. The maximum absolute atomic E-state index is 4.64. The van der Waals surface area contributed by atoms with Gasteiger partial charge >= 0.3 is 5.82 Å². The summed E-state index contributed by atoms with van der Waals surface area (Å²) in [5.41, 5.74) is 1.08. The number of aromatic nitrogens is 6. The van der Waals surface area contributed by atoms with E-state index in [-0.39, 0.29) is 34.0 Å². The van der Waals surface area contributed by atoms with E-state index in [0.717, 1.165) is 37.7 Å². The second kappa shape index (κ2) is 17.0. The van der Waals surface area contributed by atoms with Gasteiger partial charge in [0, 0.05) is 26.0 Å². The Hall–Kier alpha value is -2.72. The Labute approximate surface area is 247 Å². The average molecular weight is 648 g/mol. The number of hydrazone groups is 1. The Morgan fingerprint density at radius 3 is 2.39 bits per heavy atom. The lowest BCUT2D eigenvalue weighted by Crippen LogP contribution is -3.00. The highest BCUT2D eigenvalue weighted by Gasteiger charge is 2.12. The van der Waals surface area contributed by atoms with Gasteiger partial charge in [-0.1, -0.05) is 18.2 Å². The number of imidazole rings is 3. The molecule has 1 aromatic carbocycles. The number of benzene rings is 1. The van der Waals surface area contributed by atoms with Crippen LogP contribution in [0.1, 0.15) is 44.3 Å². The number of anilines is 1. The molecule has 206 valence electrons. The lowest BCUT2D eigenvalue weighted by molar-refractivity contribution is -0.697. The van der Waals surface area contributed by atoms with E-state index < -0.39 is 0 Å². The van der Waals surface area contributed by atoms with Crippen LogP contribution in [0.2, 0.25) is 0 Å². The van der Waals surface area contributed by atoms with Crippen LogP contribution in [-0.4, -0.2) is 31.9 Å². The van der Waals surface area contributed by atoms with Crippen molar-refractivity contribution in [1.82, 2.24) is 18.7 Å². The minimum Gasteiger partial charge on any atom is -1.00 e. The molecule has 0 spiro atoms. The number of aryl methyl sites for hydroxylation is 5. The van der Waals surface area contributed by atoms with Gasteiger partial charge in [0.1, 0.15) is 31.0 Å². The normalized spacial score (nSPS) is 10.9. The lowest BCUT2D eigenvalue weighted by atomic mass is 10.2. The van der Waals surface area contributed by atoms with E-state index >= 15 is 0 Å². The predicted octanol–water partition coefficient (Wildman–Crippen LogP) is -2.18. The van der Waals surface area contributed by atoms with Crippen LogP contribution in [0.4, 0.5) is 5.69 Å². The van der Waals surface area contributed by atoms with Crippen molar-refractivity contribution in [1.29, 1.82) is 0 Å². The third kappa shape index (κ3) is 9.87. The molecule has 0 aliphatic carbocycles. The fourth-order valence-electron chi connectivity index (χ4n) is 4.38. The molecule has 0 aliphatic heterocycles. The summed E-state index contributed by atoms with van der Waals surface area (Å²) in [6.45, 7) is 4.22. The molecule has 10 heteroatoms. The Morgan fingerprint density at radius 2 is 1.61 bits per heavy atom. The summed E-state index contributed by atoms with van der Waals surface area (Å²) < 4.78 is 11.2. The van der Waals surface area contributed by atoms with E-state index in [1.54, 1.807) is 0 Å². The van der Waals surface area contributed by atoms with E-state index in [2.05, 4.69) is 83.2 Å². The minimum absolute atomic E-state index is 0. The van der Waals surface area contributed by atoms with Gasteiger partial charge in [-0.25, -0.2) is 23.3 Å². The number of hydrogen-bond donors (Lipinski definition) is 0. The highest BCUT2D eigenvalue weighted by molar-refractivity contribution is 5.74. The molecule has 0 saturated carbocycles. The number of halogens is 2. The molecule has 0 atom stereocenters. The summed E-state index contributed by atoms with van der Waals surface area (Å²) in [5, 5.41) is 6.55. The van der Waals surface area contributed by atoms with E-state index in [4.69, 9.17) is 0 Å². The van der Waals surface area contributed by atoms with E-state index in [0.29, 0.717) is 0 Å². The molecule has 0 unspecified atom stereocenters. The van der Waals surface area contributed by atoms with Crippen molar-refractivity contribution in [2.45, 2.75) is 64.7 Å². The van der Waals surface area contributed by atoms with Crippen molar-refractivity contribution in [3.63, 3.8) is 0 Å². The molecule has 0 N–H and O–H groups in total. The Kier molecular flexibility index (Phi) is 14.1. The Bertz CT molecular complexity index is 1180. The van der Waals surface area contributed by atoms with Gasteiger partial charge in [0.15, 0.2) is 0 Å². The third-order valence-electron chi connectivity index (χ3n) is 6.56. The molecule has 3 aromatic heterocycles. The standard InChI is InChI=1S/C28H40N8.2BrH/c1-31-20-23-36(28(31)24-30-32(2)27-12-6-5-7-13-27)18-9-4-3-8-16-34-21-22-35(26-34)17-11-10-15-33-19-14-29-25-33;;/h5-7,12-14,19-26H,3-4,8-11,15-18H2,1-2H3;2*1H/q+2;;/p-2. The molecule has 3 heterocycles. The monoisotopic (exact) mass is 646 g/mol. The highest BCUT2D eigenvalue weighted by atomic mass is 79.9. The summed E-state index contributed by atoms with van der Waals surface area (Å²) in [6, 6.07) is 10.2. The van der Waals surface area contributed by atoms with E-state index in [9.17, 15) is 0 Å². The van der Waals surface area contributed by atoms with Crippen LogP contribution in [0, 0.1) is 0 Å². The number of rotatable bonds is 15. The van der Waals surface area contributed by atoms with Gasteiger partial charge in [-0.15, -0.1) is 0 Å². The molecule has 0 aliphatic rings. The first-order chi connectivity index (χ1) is 17.7. The average Bonchev–Trinajstić information content (AvgIpc) is 3.65. The van der Waals surface area contributed by atoms with Crippen molar-refractivity contribution in [3.8, 4) is 0 Å². The second-order valence-corrected chi connectivity index (χ2v) is 9.38. The molecule has 0 amide bonds. The molecule has 0 saturated heterocycles. The molecule has 38 heavy (non-hydrogen) atoms. The largest absolute Gasteiger partial charge is 1.00 e. The molecule has 0 radical (unpaired) electrons. The van der Waals surface area contributed by atoms with Crippen molar-refractivity contribution < 1.29 is 43.1 Å². The van der Waals surface area contributed by atoms with Crippen LogP contribution in [0.3, 0.4) is 0 Å². The fourth-order valence-corrected chi connectivity index (χ4v) is 4.38. The number of para-hydroxylation sites is 1. The molecule has 8 nitrogen and oxygen atoms in total. The molecule has 4 aromatic rings. The zero-order valence-corrected chi connectivity index (χ0v) is 25.7. The van der Waals surface area contributed by atoms with Crippen molar-refractivity contribution in [3.05, 3.63) is 86.0 Å². The van der Waals surface area contributed by atoms with Crippen molar-refractivity contribution >= 4 is 11.9 Å². The van der Waals surface area contributed by atoms with E-state index in [1.165, 1.54) is 38.5 Å². The van der Waals surface area contributed by atoms with Gasteiger partial charge in [-0.05, 0) is 50.7 Å². The summed E-state index contributed by atoms with van der Waals surface area (Å²) in [6.07, 6.45) is 25.8. The van der Waals surface area contributed by atoms with Crippen LogP contribution < -0.4 is 48.1 Å². The first-order valence-electron chi connectivity index (χ1n) is 13.1. The Balaban J connectivity index is 0.00000253. The van der Waals surface area contributed by atoms with Gasteiger partial charge in [0.05, 0.1) is 38.7 Å². The van der Waals surface area contributed by atoms with Crippen LogP contribution >= 0.6 is 0 Å². The summed E-state index contributed by atoms with van der Waals surface area (Å²) in [4.78, 5) is 4.10. The van der Waals surface area contributed by atoms with Gasteiger partial charge in [0.25, 0.3) is 0 Å². The van der Waals surface area contributed by atoms with Gasteiger partial charge < -0.3 is 38.5 Å². The number of nitrogens with zero attached hydrogens (tertiary/aromatic N) is 8. The molecule has 0 bridgehead atoms.